The number of rotatable bonds is 2. The van der Waals surface area contributed by atoms with Gasteiger partial charge >= 0.3 is 0 Å². The van der Waals surface area contributed by atoms with Gasteiger partial charge in [0.1, 0.15) is 0 Å². The number of nitrogens with two attached hydrogens (primary N) is 2. The molecular weight excluding hydrogens is 314 g/mol. The predicted molar refractivity (Wildman–Crippen MR) is 88.7 cm³/mol. The summed E-state index contributed by atoms with van der Waals surface area (Å²) in [5, 5.41) is 3.34. The standard InChI is InChI=1S/C15H17N5O2S/c16-15(19-17)18-13-7-4-8-14-12(13)9-10-20(14)23(21,22)11-5-2-1-3-6-11/h1-3,5-6,9-10H,4,7-8,17H2,(H2,16,19)/b18-13+. The van der Waals surface area contributed by atoms with E-state index in [2.05, 4.69) is 10.1 Å². The fourth-order valence-electron chi connectivity index (χ4n) is 2.73. The highest BCUT2D eigenvalue weighted by Gasteiger charge is 2.26. The molecule has 1 heterocycles. The molecule has 1 aliphatic rings. The second-order valence-corrected chi connectivity index (χ2v) is 7.00. The SMILES string of the molecule is N/N=C(N)\N=C1/CCCc2c1ccn2S(=O)(=O)c1ccccc1. The van der Waals surface area contributed by atoms with Gasteiger partial charge in [0.25, 0.3) is 10.0 Å². The van der Waals surface area contributed by atoms with Crippen LogP contribution in [0.25, 0.3) is 0 Å². The van der Waals surface area contributed by atoms with Crippen molar-refractivity contribution in [2.24, 2.45) is 21.7 Å². The van der Waals surface area contributed by atoms with Crippen molar-refractivity contribution in [3.63, 3.8) is 0 Å². The number of hydrogen-bond acceptors (Lipinski definition) is 4. The van der Waals surface area contributed by atoms with Gasteiger partial charge in [-0.3, -0.25) is 0 Å². The maximum atomic E-state index is 12.8. The number of aromatic nitrogens is 1. The van der Waals surface area contributed by atoms with E-state index >= 15 is 0 Å². The Morgan fingerprint density at radius 2 is 1.87 bits per heavy atom. The molecule has 120 valence electrons. The van der Waals surface area contributed by atoms with Gasteiger partial charge in [-0.05, 0) is 37.5 Å². The van der Waals surface area contributed by atoms with Crippen LogP contribution in [0, 0.1) is 0 Å². The van der Waals surface area contributed by atoms with E-state index < -0.39 is 10.0 Å². The van der Waals surface area contributed by atoms with Gasteiger partial charge in [0.2, 0.25) is 5.96 Å². The first kappa shape index (κ1) is 15.3. The van der Waals surface area contributed by atoms with E-state index in [1.807, 2.05) is 0 Å². The predicted octanol–water partition coefficient (Wildman–Crippen LogP) is 1.04. The molecule has 4 N–H and O–H groups in total. The van der Waals surface area contributed by atoms with Crippen molar-refractivity contribution in [1.29, 1.82) is 0 Å². The van der Waals surface area contributed by atoms with E-state index in [0.29, 0.717) is 24.2 Å². The Labute approximate surface area is 134 Å². The van der Waals surface area contributed by atoms with Crippen molar-refractivity contribution in [3.8, 4) is 0 Å². The van der Waals surface area contributed by atoms with Crippen LogP contribution in [-0.4, -0.2) is 24.1 Å². The lowest BCUT2D eigenvalue weighted by Gasteiger charge is -2.17. The molecular formula is C15H17N5O2S. The van der Waals surface area contributed by atoms with E-state index in [0.717, 1.165) is 12.0 Å². The molecule has 0 bridgehead atoms. The average Bonchev–Trinajstić information content (AvgIpc) is 3.01. The van der Waals surface area contributed by atoms with Crippen LogP contribution < -0.4 is 11.6 Å². The van der Waals surface area contributed by atoms with Gasteiger partial charge in [-0.2, -0.15) is 0 Å². The molecule has 1 aromatic heterocycles. The van der Waals surface area contributed by atoms with Crippen LogP contribution in [0.15, 0.2) is 57.6 Å². The number of hydrogen-bond donors (Lipinski definition) is 2. The van der Waals surface area contributed by atoms with Crippen LogP contribution in [0.1, 0.15) is 24.1 Å². The minimum atomic E-state index is -3.62. The van der Waals surface area contributed by atoms with Crippen molar-refractivity contribution in [2.75, 3.05) is 0 Å². The van der Waals surface area contributed by atoms with Crippen LogP contribution in [0.4, 0.5) is 0 Å². The Kier molecular flexibility index (Phi) is 3.91. The Balaban J connectivity index is 2.10. The number of guanidine groups is 1. The fraction of sp³-hybridized carbons (Fsp3) is 0.200. The summed E-state index contributed by atoms with van der Waals surface area (Å²) in [5.41, 5.74) is 7.76. The summed E-state index contributed by atoms with van der Waals surface area (Å²) >= 11 is 0. The molecule has 0 saturated heterocycles. The molecule has 0 atom stereocenters. The molecule has 0 spiro atoms. The Hall–Kier alpha value is -2.61. The summed E-state index contributed by atoms with van der Waals surface area (Å²) in [7, 11) is -3.62. The summed E-state index contributed by atoms with van der Waals surface area (Å²) < 4.78 is 26.9. The van der Waals surface area contributed by atoms with Crippen molar-refractivity contribution in [2.45, 2.75) is 24.2 Å². The molecule has 0 radical (unpaired) electrons. The van der Waals surface area contributed by atoms with Crippen LogP contribution in [0.3, 0.4) is 0 Å². The van der Waals surface area contributed by atoms with Crippen molar-refractivity contribution < 1.29 is 8.42 Å². The zero-order valence-electron chi connectivity index (χ0n) is 12.4. The molecule has 23 heavy (non-hydrogen) atoms. The summed E-state index contributed by atoms with van der Waals surface area (Å²) in [6, 6.07) is 10.1. The molecule has 1 aliphatic carbocycles. The lowest BCUT2D eigenvalue weighted by Crippen LogP contribution is -2.21. The monoisotopic (exact) mass is 331 g/mol. The van der Waals surface area contributed by atoms with Crippen LogP contribution in [0.5, 0.6) is 0 Å². The second kappa shape index (κ2) is 5.88. The van der Waals surface area contributed by atoms with Crippen LogP contribution >= 0.6 is 0 Å². The van der Waals surface area contributed by atoms with Gasteiger partial charge in [-0.25, -0.2) is 17.4 Å². The van der Waals surface area contributed by atoms with Crippen molar-refractivity contribution in [1.82, 2.24) is 3.97 Å². The zero-order valence-corrected chi connectivity index (χ0v) is 13.2. The van der Waals surface area contributed by atoms with Gasteiger partial charge in [0.15, 0.2) is 0 Å². The minimum Gasteiger partial charge on any atom is -0.367 e. The molecule has 2 aromatic rings. The molecule has 7 nitrogen and oxygen atoms in total. The van der Waals surface area contributed by atoms with E-state index in [1.165, 1.54) is 3.97 Å². The largest absolute Gasteiger partial charge is 0.367 e. The average molecular weight is 331 g/mol. The van der Waals surface area contributed by atoms with E-state index in [1.54, 1.807) is 42.6 Å². The van der Waals surface area contributed by atoms with E-state index in [4.69, 9.17) is 11.6 Å². The highest BCUT2D eigenvalue weighted by Crippen LogP contribution is 2.26. The first-order chi connectivity index (χ1) is 11.0. The lowest BCUT2D eigenvalue weighted by atomic mass is 9.96. The van der Waals surface area contributed by atoms with Gasteiger partial charge < -0.3 is 11.6 Å². The second-order valence-electron chi connectivity index (χ2n) is 5.19. The summed E-state index contributed by atoms with van der Waals surface area (Å²) in [6.45, 7) is 0. The smallest absolute Gasteiger partial charge is 0.267 e. The maximum Gasteiger partial charge on any atom is 0.267 e. The molecule has 0 aliphatic heterocycles. The number of hydrazone groups is 1. The quantitative estimate of drug-likeness (QED) is 0.370. The summed E-state index contributed by atoms with van der Waals surface area (Å²) in [6.07, 6.45) is 3.72. The highest BCUT2D eigenvalue weighted by atomic mass is 32.2. The molecule has 3 rings (SSSR count). The lowest BCUT2D eigenvalue weighted by molar-refractivity contribution is 0.584. The number of fused-ring (bicyclic) bond motifs is 1. The van der Waals surface area contributed by atoms with Gasteiger partial charge in [0.05, 0.1) is 10.6 Å². The normalized spacial score (nSPS) is 17.2. The van der Waals surface area contributed by atoms with Gasteiger partial charge in [0, 0.05) is 17.5 Å². The van der Waals surface area contributed by atoms with Gasteiger partial charge in [-0.1, -0.05) is 18.2 Å². The minimum absolute atomic E-state index is 0.0217. The summed E-state index contributed by atoms with van der Waals surface area (Å²) in [5.74, 6) is 5.09. The topological polar surface area (TPSA) is 116 Å². The number of nitrogens with zero attached hydrogens (tertiary/aromatic N) is 3. The Morgan fingerprint density at radius 3 is 2.57 bits per heavy atom. The molecule has 0 amide bonds. The molecule has 0 saturated carbocycles. The Morgan fingerprint density at radius 1 is 1.13 bits per heavy atom. The van der Waals surface area contributed by atoms with Crippen LogP contribution in [0.2, 0.25) is 0 Å². The molecule has 8 heteroatoms. The van der Waals surface area contributed by atoms with E-state index in [9.17, 15) is 8.42 Å². The third-order valence-corrected chi connectivity index (χ3v) is 5.50. The number of aliphatic imine (C=N–C) groups is 1. The first-order valence-electron chi connectivity index (χ1n) is 7.16. The first-order valence-corrected chi connectivity index (χ1v) is 8.60. The highest BCUT2D eigenvalue weighted by molar-refractivity contribution is 7.90. The number of benzene rings is 1. The summed E-state index contributed by atoms with van der Waals surface area (Å²) in [4.78, 5) is 4.43. The van der Waals surface area contributed by atoms with Crippen molar-refractivity contribution >= 4 is 21.7 Å². The molecule has 0 unspecified atom stereocenters. The van der Waals surface area contributed by atoms with Gasteiger partial charge in [-0.15, -0.1) is 5.10 Å². The Bertz CT molecular complexity index is 882. The maximum absolute atomic E-state index is 12.8. The molecule has 0 fully saturated rings. The molecule has 1 aromatic carbocycles. The van der Waals surface area contributed by atoms with Crippen LogP contribution in [-0.2, 0) is 16.4 Å². The zero-order chi connectivity index (χ0) is 16.4. The van der Waals surface area contributed by atoms with Crippen molar-refractivity contribution in [3.05, 3.63) is 53.9 Å². The third kappa shape index (κ3) is 2.72. The third-order valence-electron chi connectivity index (χ3n) is 3.77. The fourth-order valence-corrected chi connectivity index (χ4v) is 4.16. The van der Waals surface area contributed by atoms with E-state index in [-0.39, 0.29) is 10.9 Å².